The molecule has 0 saturated carbocycles. The Morgan fingerprint density at radius 3 is 2.57 bits per heavy atom. The molecule has 2 aromatic carbocycles. The lowest BCUT2D eigenvalue weighted by atomic mass is 9.95. The fourth-order valence-electron chi connectivity index (χ4n) is 4.26. The monoisotopic (exact) mass is 585 g/mol. The minimum atomic E-state index is -0.777. The molecule has 1 aromatic heterocycles. The highest BCUT2D eigenvalue weighted by Gasteiger charge is 2.35. The van der Waals surface area contributed by atoms with Crippen molar-refractivity contribution in [3.63, 3.8) is 0 Å². The zero-order valence-corrected chi connectivity index (χ0v) is 23.9. The number of allylic oxidation sites excluding steroid dienone is 1. The molecule has 0 N–H and O–H groups in total. The average molecular weight is 587 g/mol. The van der Waals surface area contributed by atoms with E-state index in [-0.39, 0.29) is 12.2 Å². The zero-order chi connectivity index (χ0) is 26.9. The molecule has 1 aliphatic rings. The summed E-state index contributed by atoms with van der Waals surface area (Å²) in [6, 6.07) is 10.4. The van der Waals surface area contributed by atoms with Crippen molar-refractivity contribution < 1.29 is 19.0 Å². The van der Waals surface area contributed by atoms with E-state index in [1.54, 1.807) is 43.7 Å². The number of halogens is 1. The van der Waals surface area contributed by atoms with Crippen LogP contribution in [0.2, 0.25) is 0 Å². The predicted octanol–water partition coefficient (Wildman–Crippen LogP) is 3.64. The highest BCUT2D eigenvalue weighted by molar-refractivity contribution is 9.10. The van der Waals surface area contributed by atoms with Gasteiger partial charge in [0.15, 0.2) is 4.80 Å². The second-order valence-electron chi connectivity index (χ2n) is 8.52. The fraction of sp³-hybridized carbons (Fsp3) is 0.296. The van der Waals surface area contributed by atoms with Crippen molar-refractivity contribution in [2.75, 3.05) is 39.8 Å². The van der Waals surface area contributed by atoms with Crippen LogP contribution in [0.15, 0.2) is 61.9 Å². The first-order valence-corrected chi connectivity index (χ1v) is 13.2. The Labute approximate surface area is 227 Å². The summed E-state index contributed by atoms with van der Waals surface area (Å²) < 4.78 is 19.3. The Morgan fingerprint density at radius 1 is 1.19 bits per heavy atom. The van der Waals surface area contributed by atoms with E-state index in [1.807, 2.05) is 43.3 Å². The largest absolute Gasteiger partial charge is 0.497 e. The van der Waals surface area contributed by atoms with E-state index in [4.69, 9.17) is 14.2 Å². The molecule has 3 aromatic rings. The summed E-state index contributed by atoms with van der Waals surface area (Å²) in [5.41, 5.74) is 3.05. The van der Waals surface area contributed by atoms with E-state index in [0.29, 0.717) is 37.7 Å². The minimum absolute atomic E-state index is 0.199. The van der Waals surface area contributed by atoms with Gasteiger partial charge in [0.1, 0.15) is 17.5 Å². The number of thiazole rings is 1. The molecule has 0 spiro atoms. The molecule has 10 heteroatoms. The smallest absolute Gasteiger partial charge is 0.338 e. The average Bonchev–Trinajstić information content (AvgIpc) is 3.16. The molecule has 0 saturated heterocycles. The van der Waals surface area contributed by atoms with Crippen LogP contribution in [0, 0.1) is 0 Å². The Hall–Kier alpha value is -3.37. The van der Waals surface area contributed by atoms with Gasteiger partial charge in [-0.05, 0) is 65.7 Å². The van der Waals surface area contributed by atoms with Gasteiger partial charge in [0.25, 0.3) is 5.56 Å². The summed E-state index contributed by atoms with van der Waals surface area (Å²) in [5.74, 6) is 0.556. The molecule has 4 rings (SSSR count). The number of fused-ring (bicyclic) bond motifs is 1. The van der Waals surface area contributed by atoms with Gasteiger partial charge in [0.05, 0.1) is 42.3 Å². The number of hydrogen-bond acceptors (Lipinski definition) is 8. The van der Waals surface area contributed by atoms with Crippen molar-refractivity contribution in [3.05, 3.63) is 83.0 Å². The summed E-state index contributed by atoms with van der Waals surface area (Å²) in [6.45, 7) is 3.69. The molecular formula is C27H28BrN3O5S. The van der Waals surface area contributed by atoms with E-state index in [1.165, 1.54) is 18.4 Å². The van der Waals surface area contributed by atoms with Crippen molar-refractivity contribution in [3.8, 4) is 11.5 Å². The Bertz CT molecular complexity index is 1570. The van der Waals surface area contributed by atoms with Gasteiger partial charge in [-0.25, -0.2) is 9.79 Å². The molecule has 0 radical (unpaired) electrons. The first-order valence-electron chi connectivity index (χ1n) is 11.6. The number of nitrogens with zero attached hydrogens (tertiary/aromatic N) is 3. The van der Waals surface area contributed by atoms with Crippen molar-refractivity contribution in [2.45, 2.75) is 19.9 Å². The number of carbonyl (C=O) groups is 1. The highest BCUT2D eigenvalue weighted by Crippen LogP contribution is 2.37. The quantitative estimate of drug-likeness (QED) is 0.394. The van der Waals surface area contributed by atoms with Crippen LogP contribution in [-0.4, -0.2) is 45.5 Å². The van der Waals surface area contributed by atoms with Crippen LogP contribution in [0.3, 0.4) is 0 Å². The van der Waals surface area contributed by atoms with Crippen LogP contribution >= 0.6 is 27.3 Å². The second kappa shape index (κ2) is 10.9. The molecule has 37 heavy (non-hydrogen) atoms. The van der Waals surface area contributed by atoms with Crippen LogP contribution in [0.1, 0.15) is 31.0 Å². The van der Waals surface area contributed by atoms with Gasteiger partial charge in [-0.1, -0.05) is 17.4 Å². The number of methoxy groups -OCH3 is 2. The van der Waals surface area contributed by atoms with Crippen molar-refractivity contribution in [1.82, 2.24) is 4.57 Å². The van der Waals surface area contributed by atoms with Gasteiger partial charge in [-0.15, -0.1) is 0 Å². The van der Waals surface area contributed by atoms with Crippen LogP contribution in [-0.2, 0) is 9.53 Å². The van der Waals surface area contributed by atoms with E-state index < -0.39 is 12.0 Å². The fourth-order valence-corrected chi connectivity index (χ4v) is 6.05. The maximum absolute atomic E-state index is 13.8. The number of hydrogen-bond donors (Lipinski definition) is 0. The number of carbonyl (C=O) groups excluding carboxylic acids is 1. The summed E-state index contributed by atoms with van der Waals surface area (Å²) in [7, 11) is 7.04. The maximum Gasteiger partial charge on any atom is 0.338 e. The maximum atomic E-state index is 13.8. The molecule has 8 nitrogen and oxygen atoms in total. The molecule has 194 valence electrons. The SMILES string of the molecule is CCOC(=O)C1=C(C)N=c2s/c(=C\c3ccc(N(C)C)c(Br)c3)c(=O)n2[C@@H]1c1ccc(OC)cc1OC. The van der Waals surface area contributed by atoms with Crippen molar-refractivity contribution in [2.24, 2.45) is 4.99 Å². The van der Waals surface area contributed by atoms with Crippen LogP contribution in [0.25, 0.3) is 6.08 Å². The number of aromatic nitrogens is 1. The standard InChI is InChI=1S/C27H28BrN3O5S/c1-7-36-26(33)23-15(2)29-27-31(24(23)18-10-9-17(34-5)14-21(18)35-6)25(32)22(37-27)13-16-8-11-20(30(3)4)19(28)12-16/h8-14,24H,7H2,1-6H3/b22-13-/t24-/m1/s1. The summed E-state index contributed by atoms with van der Waals surface area (Å²) in [4.78, 5) is 34.1. The van der Waals surface area contributed by atoms with E-state index >= 15 is 0 Å². The van der Waals surface area contributed by atoms with Gasteiger partial charge in [-0.3, -0.25) is 9.36 Å². The van der Waals surface area contributed by atoms with Crippen molar-refractivity contribution >= 4 is 45.0 Å². The first-order chi connectivity index (χ1) is 17.7. The molecule has 0 amide bonds. The van der Waals surface area contributed by atoms with E-state index in [0.717, 1.165) is 15.7 Å². The molecule has 0 aliphatic carbocycles. The number of ether oxygens (including phenoxy) is 3. The Balaban J connectivity index is 1.96. The van der Waals surface area contributed by atoms with Gasteiger partial charge < -0.3 is 19.1 Å². The Kier molecular flexibility index (Phi) is 7.89. The molecule has 0 unspecified atom stereocenters. The predicted molar refractivity (Wildman–Crippen MR) is 148 cm³/mol. The number of anilines is 1. The number of esters is 1. The van der Waals surface area contributed by atoms with Gasteiger partial charge >= 0.3 is 5.97 Å². The third-order valence-electron chi connectivity index (χ3n) is 6.00. The van der Waals surface area contributed by atoms with Gasteiger partial charge in [0, 0.05) is 30.2 Å². The number of benzene rings is 2. The molecule has 0 fully saturated rings. The summed E-state index contributed by atoms with van der Waals surface area (Å²) in [5, 5.41) is 0. The lowest BCUT2D eigenvalue weighted by Crippen LogP contribution is -2.40. The van der Waals surface area contributed by atoms with Crippen LogP contribution in [0.5, 0.6) is 11.5 Å². The number of rotatable bonds is 7. The van der Waals surface area contributed by atoms with Gasteiger partial charge in [-0.2, -0.15) is 0 Å². The highest BCUT2D eigenvalue weighted by atomic mass is 79.9. The second-order valence-corrected chi connectivity index (χ2v) is 10.4. The van der Waals surface area contributed by atoms with Crippen molar-refractivity contribution in [1.29, 1.82) is 0 Å². The molecule has 1 atom stereocenters. The summed E-state index contributed by atoms with van der Waals surface area (Å²) >= 11 is 4.88. The van der Waals surface area contributed by atoms with Crippen LogP contribution in [0.4, 0.5) is 5.69 Å². The normalized spacial score (nSPS) is 15.2. The Morgan fingerprint density at radius 2 is 1.95 bits per heavy atom. The van der Waals surface area contributed by atoms with Crippen LogP contribution < -0.4 is 29.3 Å². The third-order valence-corrected chi connectivity index (χ3v) is 7.62. The van der Waals surface area contributed by atoms with E-state index in [9.17, 15) is 9.59 Å². The molecule has 2 heterocycles. The van der Waals surface area contributed by atoms with Gasteiger partial charge in [0.2, 0.25) is 0 Å². The molecule has 0 bridgehead atoms. The van der Waals surface area contributed by atoms with E-state index in [2.05, 4.69) is 20.9 Å². The summed E-state index contributed by atoms with van der Waals surface area (Å²) in [6.07, 6.45) is 1.83. The molecular weight excluding hydrogens is 558 g/mol. The minimum Gasteiger partial charge on any atom is -0.497 e. The molecule has 1 aliphatic heterocycles. The zero-order valence-electron chi connectivity index (χ0n) is 21.5. The third kappa shape index (κ3) is 5.08. The topological polar surface area (TPSA) is 82.4 Å². The first kappa shape index (κ1) is 26.7. The lowest BCUT2D eigenvalue weighted by molar-refractivity contribution is -0.139. The lowest BCUT2D eigenvalue weighted by Gasteiger charge is -2.26.